The van der Waals surface area contributed by atoms with Crippen LogP contribution in [0, 0.1) is 13.8 Å². The van der Waals surface area contributed by atoms with Crippen LogP contribution in [0.5, 0.6) is 5.75 Å². The number of nitrogens with one attached hydrogen (secondary N) is 2. The summed E-state index contributed by atoms with van der Waals surface area (Å²) in [7, 11) is 0. The first-order valence-corrected chi connectivity index (χ1v) is 8.85. The molecule has 27 heavy (non-hydrogen) atoms. The third-order valence-electron chi connectivity index (χ3n) is 4.60. The first kappa shape index (κ1) is 18.6. The van der Waals surface area contributed by atoms with Gasteiger partial charge in [-0.25, -0.2) is 0 Å². The van der Waals surface area contributed by atoms with Crippen molar-refractivity contribution in [2.45, 2.75) is 39.7 Å². The molecule has 2 aromatic carbocycles. The van der Waals surface area contributed by atoms with Crippen LogP contribution in [0.3, 0.4) is 0 Å². The highest BCUT2D eigenvalue weighted by Gasteiger charge is 2.23. The van der Waals surface area contributed by atoms with E-state index in [0.717, 1.165) is 11.1 Å². The highest BCUT2D eigenvalue weighted by atomic mass is 16.5. The number of fused-ring (bicyclic) bond motifs is 1. The molecular weight excluding hydrogens is 344 g/mol. The standard InChI is InChI=1S/C21H22N2O4/c1-12-4-5-15(10-13(12)2)18(24)7-9-20(25)22-16-6-8-19-17(11-16)23-21(26)14(3)27-19/h4-6,8,10-11,14H,7,9H2,1-3H3,(H,22,25)(H,23,26)/t14-/m0/s1. The molecule has 1 aliphatic rings. The zero-order valence-electron chi connectivity index (χ0n) is 15.6. The van der Waals surface area contributed by atoms with Crippen molar-refractivity contribution in [3.63, 3.8) is 0 Å². The minimum Gasteiger partial charge on any atom is -0.479 e. The Morgan fingerprint density at radius 2 is 1.85 bits per heavy atom. The third kappa shape index (κ3) is 4.34. The van der Waals surface area contributed by atoms with Gasteiger partial charge in [0.2, 0.25) is 5.91 Å². The van der Waals surface area contributed by atoms with Gasteiger partial charge in [-0.3, -0.25) is 14.4 Å². The van der Waals surface area contributed by atoms with Gasteiger partial charge in [0, 0.05) is 24.1 Å². The Morgan fingerprint density at radius 1 is 1.07 bits per heavy atom. The van der Waals surface area contributed by atoms with Gasteiger partial charge < -0.3 is 15.4 Å². The molecule has 0 radical (unpaired) electrons. The Hall–Kier alpha value is -3.15. The van der Waals surface area contributed by atoms with E-state index in [0.29, 0.717) is 22.7 Å². The van der Waals surface area contributed by atoms with Crippen molar-refractivity contribution in [1.82, 2.24) is 0 Å². The number of carbonyl (C=O) groups is 3. The fraction of sp³-hybridized carbons (Fsp3) is 0.286. The number of amides is 2. The lowest BCUT2D eigenvalue weighted by molar-refractivity contribution is -0.122. The summed E-state index contributed by atoms with van der Waals surface area (Å²) in [6.45, 7) is 5.61. The summed E-state index contributed by atoms with van der Waals surface area (Å²) >= 11 is 0. The molecule has 0 aliphatic carbocycles. The second kappa shape index (κ2) is 7.61. The molecular formula is C21H22N2O4. The average molecular weight is 366 g/mol. The van der Waals surface area contributed by atoms with E-state index in [1.165, 1.54) is 0 Å². The largest absolute Gasteiger partial charge is 0.479 e. The topological polar surface area (TPSA) is 84.5 Å². The molecule has 0 unspecified atom stereocenters. The summed E-state index contributed by atoms with van der Waals surface area (Å²) in [5.74, 6) is 0.00637. The summed E-state index contributed by atoms with van der Waals surface area (Å²) in [5.41, 5.74) is 3.85. The number of hydrogen-bond acceptors (Lipinski definition) is 4. The van der Waals surface area contributed by atoms with Crippen LogP contribution >= 0.6 is 0 Å². The summed E-state index contributed by atoms with van der Waals surface area (Å²) < 4.78 is 5.48. The monoisotopic (exact) mass is 366 g/mol. The lowest BCUT2D eigenvalue weighted by Gasteiger charge is -2.23. The van der Waals surface area contributed by atoms with Crippen molar-refractivity contribution < 1.29 is 19.1 Å². The fourth-order valence-electron chi connectivity index (χ4n) is 2.80. The van der Waals surface area contributed by atoms with Gasteiger partial charge in [-0.2, -0.15) is 0 Å². The Bertz CT molecular complexity index is 920. The van der Waals surface area contributed by atoms with Crippen molar-refractivity contribution in [3.05, 3.63) is 53.1 Å². The molecule has 0 fully saturated rings. The van der Waals surface area contributed by atoms with Crippen molar-refractivity contribution in [3.8, 4) is 5.75 Å². The predicted molar refractivity (Wildman–Crippen MR) is 103 cm³/mol. The maximum absolute atomic E-state index is 12.3. The lowest BCUT2D eigenvalue weighted by atomic mass is 10.0. The predicted octanol–water partition coefficient (Wildman–Crippen LogP) is 3.62. The quantitative estimate of drug-likeness (QED) is 0.792. The SMILES string of the molecule is Cc1ccc(C(=O)CCC(=O)Nc2ccc3c(c2)NC(=O)[C@H](C)O3)cc1C. The van der Waals surface area contributed by atoms with Gasteiger partial charge in [0.25, 0.3) is 5.91 Å². The number of hydrogen-bond donors (Lipinski definition) is 2. The number of benzene rings is 2. The molecule has 1 aliphatic heterocycles. The third-order valence-corrected chi connectivity index (χ3v) is 4.60. The highest BCUT2D eigenvalue weighted by molar-refractivity contribution is 6.01. The summed E-state index contributed by atoms with van der Waals surface area (Å²) in [4.78, 5) is 36.1. The molecule has 2 aromatic rings. The van der Waals surface area contributed by atoms with E-state index in [1.54, 1.807) is 31.2 Å². The molecule has 3 rings (SSSR count). The van der Waals surface area contributed by atoms with E-state index in [9.17, 15) is 14.4 Å². The zero-order valence-corrected chi connectivity index (χ0v) is 15.6. The molecule has 6 heteroatoms. The normalized spacial score (nSPS) is 15.4. The Balaban J connectivity index is 1.58. The summed E-state index contributed by atoms with van der Waals surface area (Å²) in [6, 6.07) is 10.6. The van der Waals surface area contributed by atoms with Gasteiger partial charge >= 0.3 is 0 Å². The number of anilines is 2. The van der Waals surface area contributed by atoms with Crippen LogP contribution in [0.15, 0.2) is 36.4 Å². The zero-order chi connectivity index (χ0) is 19.6. The van der Waals surface area contributed by atoms with E-state index in [4.69, 9.17) is 4.74 Å². The number of ether oxygens (including phenoxy) is 1. The van der Waals surface area contributed by atoms with Gasteiger partial charge in [0.15, 0.2) is 11.9 Å². The molecule has 0 bridgehead atoms. The van der Waals surface area contributed by atoms with Crippen molar-refractivity contribution in [2.75, 3.05) is 10.6 Å². The molecule has 140 valence electrons. The first-order chi connectivity index (χ1) is 12.8. The number of aryl methyl sites for hydroxylation is 2. The molecule has 0 saturated carbocycles. The van der Waals surface area contributed by atoms with Crippen LogP contribution < -0.4 is 15.4 Å². The first-order valence-electron chi connectivity index (χ1n) is 8.85. The number of Topliss-reactive ketones (excluding diaryl/α,β-unsaturated/α-hetero) is 1. The van der Waals surface area contributed by atoms with Crippen LogP contribution in [0.4, 0.5) is 11.4 Å². The Kier molecular flexibility index (Phi) is 5.26. The average Bonchev–Trinajstić information content (AvgIpc) is 2.63. The molecule has 6 nitrogen and oxygen atoms in total. The number of rotatable bonds is 5. The van der Waals surface area contributed by atoms with E-state index < -0.39 is 6.10 Å². The lowest BCUT2D eigenvalue weighted by Crippen LogP contribution is -2.34. The van der Waals surface area contributed by atoms with Crippen molar-refractivity contribution in [2.24, 2.45) is 0 Å². The highest BCUT2D eigenvalue weighted by Crippen LogP contribution is 2.32. The number of ketones is 1. The molecule has 0 saturated heterocycles. The van der Waals surface area contributed by atoms with Crippen molar-refractivity contribution >= 4 is 29.0 Å². The van der Waals surface area contributed by atoms with Crippen LogP contribution in [-0.4, -0.2) is 23.7 Å². The minimum atomic E-state index is -0.547. The Labute approximate surface area is 157 Å². The Morgan fingerprint density at radius 3 is 2.59 bits per heavy atom. The van der Waals surface area contributed by atoms with E-state index in [2.05, 4.69) is 10.6 Å². The molecule has 0 aromatic heterocycles. The second-order valence-electron chi connectivity index (χ2n) is 6.73. The molecule has 1 heterocycles. The molecule has 1 atom stereocenters. The van der Waals surface area contributed by atoms with Crippen LogP contribution in [0.25, 0.3) is 0 Å². The van der Waals surface area contributed by atoms with E-state index >= 15 is 0 Å². The van der Waals surface area contributed by atoms with Gasteiger partial charge in [-0.15, -0.1) is 0 Å². The second-order valence-corrected chi connectivity index (χ2v) is 6.73. The minimum absolute atomic E-state index is 0.0617. The van der Waals surface area contributed by atoms with Crippen LogP contribution in [0.2, 0.25) is 0 Å². The van der Waals surface area contributed by atoms with Crippen LogP contribution in [0.1, 0.15) is 41.3 Å². The smallest absolute Gasteiger partial charge is 0.265 e. The summed E-state index contributed by atoms with van der Waals surface area (Å²) in [5, 5.41) is 5.48. The van der Waals surface area contributed by atoms with Gasteiger partial charge in [-0.1, -0.05) is 12.1 Å². The summed E-state index contributed by atoms with van der Waals surface area (Å²) in [6.07, 6.45) is -0.325. The van der Waals surface area contributed by atoms with E-state index in [-0.39, 0.29) is 30.4 Å². The van der Waals surface area contributed by atoms with Gasteiger partial charge in [0.1, 0.15) is 5.75 Å². The van der Waals surface area contributed by atoms with Gasteiger partial charge in [0.05, 0.1) is 5.69 Å². The number of carbonyl (C=O) groups excluding carboxylic acids is 3. The van der Waals surface area contributed by atoms with Crippen LogP contribution in [-0.2, 0) is 9.59 Å². The molecule has 2 amide bonds. The fourth-order valence-corrected chi connectivity index (χ4v) is 2.80. The van der Waals surface area contributed by atoms with Gasteiger partial charge in [-0.05, 0) is 56.2 Å². The van der Waals surface area contributed by atoms with Crippen molar-refractivity contribution in [1.29, 1.82) is 0 Å². The molecule has 2 N–H and O–H groups in total. The maximum atomic E-state index is 12.3. The van der Waals surface area contributed by atoms with E-state index in [1.807, 2.05) is 26.0 Å². The molecule has 0 spiro atoms. The maximum Gasteiger partial charge on any atom is 0.265 e.